The summed E-state index contributed by atoms with van der Waals surface area (Å²) in [6.07, 6.45) is 0.495. The summed E-state index contributed by atoms with van der Waals surface area (Å²) in [5, 5.41) is 24.5. The Labute approximate surface area is 251 Å². The largest absolute Gasteiger partial charge is 0.511 e. The van der Waals surface area contributed by atoms with E-state index in [1.54, 1.807) is 26.0 Å². The third-order valence-electron chi connectivity index (χ3n) is 5.00. The number of nitriles is 1. The lowest BCUT2D eigenvalue weighted by Gasteiger charge is -2.21. The molecule has 15 heteroatoms. The van der Waals surface area contributed by atoms with Gasteiger partial charge in [-0.1, -0.05) is 48.5 Å². The fourth-order valence-electron chi connectivity index (χ4n) is 3.17. The summed E-state index contributed by atoms with van der Waals surface area (Å²) >= 11 is 0. The van der Waals surface area contributed by atoms with E-state index in [1.807, 2.05) is 13.8 Å². The Morgan fingerprint density at radius 3 is 2.30 bits per heavy atom. The highest BCUT2D eigenvalue weighted by Gasteiger charge is 2.45. The van der Waals surface area contributed by atoms with Crippen LogP contribution in [0.2, 0.25) is 0 Å². The lowest BCUT2D eigenvalue weighted by Crippen LogP contribution is -2.29. The van der Waals surface area contributed by atoms with Gasteiger partial charge < -0.3 is 35.1 Å². The van der Waals surface area contributed by atoms with Gasteiger partial charge in [0.25, 0.3) is 0 Å². The van der Waals surface area contributed by atoms with E-state index in [9.17, 15) is 24.4 Å². The van der Waals surface area contributed by atoms with Crippen LogP contribution in [0, 0.1) is 23.2 Å². The van der Waals surface area contributed by atoms with E-state index in [4.69, 9.17) is 14.6 Å². The van der Waals surface area contributed by atoms with Crippen molar-refractivity contribution in [3.8, 4) is 6.07 Å². The second kappa shape index (κ2) is 19.8. The van der Waals surface area contributed by atoms with Crippen LogP contribution < -0.4 is 11.1 Å². The molecule has 0 spiro atoms. The molecule has 0 aromatic carbocycles. The molecule has 0 bridgehead atoms. The molecule has 1 saturated heterocycles. The fraction of sp³-hybridized carbons (Fsp3) is 0.607. The van der Waals surface area contributed by atoms with Crippen molar-refractivity contribution in [2.24, 2.45) is 17.6 Å². The normalized spacial score (nSPS) is 16.7. The zero-order valence-corrected chi connectivity index (χ0v) is 26.1. The maximum Gasteiger partial charge on any atom is 0.511 e. The highest BCUT2D eigenvalue weighted by atomic mass is 16.8. The van der Waals surface area contributed by atoms with E-state index in [0.717, 1.165) is 5.92 Å². The summed E-state index contributed by atoms with van der Waals surface area (Å²) < 4.78 is 21.5. The molecule has 2 aromatic heterocycles. The molecule has 3 rings (SSSR count). The maximum atomic E-state index is 12.1. The first-order valence-corrected chi connectivity index (χ1v) is 13.8. The summed E-state index contributed by atoms with van der Waals surface area (Å²) in [7, 11) is 0. The number of aliphatic carboxylic acids is 1. The molecule has 2 aromatic rings. The molecule has 43 heavy (non-hydrogen) atoms. The minimum Gasteiger partial charge on any atom is -0.480 e. The van der Waals surface area contributed by atoms with Crippen LogP contribution in [0.5, 0.6) is 0 Å². The van der Waals surface area contributed by atoms with Gasteiger partial charge in [0, 0.05) is 12.8 Å². The summed E-state index contributed by atoms with van der Waals surface area (Å²) in [5.41, 5.74) is 4.24. The van der Waals surface area contributed by atoms with Crippen LogP contribution in [0.1, 0.15) is 73.9 Å². The molecule has 2 atom stereocenters. The third-order valence-corrected chi connectivity index (χ3v) is 5.00. The molecule has 0 radical (unpaired) electrons. The van der Waals surface area contributed by atoms with Gasteiger partial charge >= 0.3 is 18.1 Å². The van der Waals surface area contributed by atoms with Crippen LogP contribution >= 0.6 is 0 Å². The summed E-state index contributed by atoms with van der Waals surface area (Å²) in [4.78, 5) is 47.7. The monoisotopic (exact) mass is 608 g/mol. The minimum absolute atomic E-state index is 0.143. The highest BCUT2D eigenvalue weighted by Crippen LogP contribution is 2.40. The zero-order chi connectivity index (χ0) is 33.2. The van der Waals surface area contributed by atoms with Crippen LogP contribution in [0.3, 0.4) is 0 Å². The molecule has 0 aliphatic carbocycles. The van der Waals surface area contributed by atoms with Gasteiger partial charge in [-0.2, -0.15) is 10.4 Å². The summed E-state index contributed by atoms with van der Waals surface area (Å²) in [6.45, 7) is 14.2. The number of aromatic nitrogens is 3. The predicted molar refractivity (Wildman–Crippen MR) is 155 cm³/mol. The number of fused-ring (bicyclic) bond motifs is 1. The number of rotatable bonds is 8. The van der Waals surface area contributed by atoms with E-state index >= 15 is 0 Å². The van der Waals surface area contributed by atoms with Gasteiger partial charge in [0.2, 0.25) is 12.7 Å². The SMILES string of the molecule is CC.CC(=O)OCOC(=O)OCC1CCC(C#N)(c2ccc3c(NC(=O)C(C)C)ncnn23)O1.CC(C)C.NCC(=O)O. The molecular weight excluding hydrogens is 564 g/mol. The summed E-state index contributed by atoms with van der Waals surface area (Å²) in [5.74, 6) is -0.829. The lowest BCUT2D eigenvalue weighted by molar-refractivity contribution is -0.151. The fourth-order valence-corrected chi connectivity index (χ4v) is 3.17. The first kappa shape index (κ1) is 38.7. The number of hydrogen-bond donors (Lipinski definition) is 3. The van der Waals surface area contributed by atoms with Crippen molar-refractivity contribution in [1.82, 2.24) is 14.6 Å². The van der Waals surface area contributed by atoms with Crippen molar-refractivity contribution in [2.45, 2.75) is 79.9 Å². The quantitative estimate of drug-likeness (QED) is 0.288. The van der Waals surface area contributed by atoms with Gasteiger partial charge in [-0.05, 0) is 30.9 Å². The number of nitrogens with two attached hydrogens (primary N) is 1. The number of anilines is 1. The Balaban J connectivity index is 0.00000138. The smallest absolute Gasteiger partial charge is 0.480 e. The molecule has 15 nitrogen and oxygen atoms in total. The van der Waals surface area contributed by atoms with Crippen molar-refractivity contribution < 1.29 is 43.2 Å². The van der Waals surface area contributed by atoms with Crippen molar-refractivity contribution in [1.29, 1.82) is 5.26 Å². The van der Waals surface area contributed by atoms with E-state index in [-0.39, 0.29) is 25.0 Å². The molecule has 0 saturated carbocycles. The first-order valence-electron chi connectivity index (χ1n) is 13.8. The van der Waals surface area contributed by atoms with Crippen molar-refractivity contribution in [2.75, 3.05) is 25.3 Å². The number of hydrogen-bond acceptors (Lipinski definition) is 12. The average molecular weight is 609 g/mol. The van der Waals surface area contributed by atoms with Crippen molar-refractivity contribution >= 4 is 35.3 Å². The third kappa shape index (κ3) is 13.5. The molecule has 3 heterocycles. The standard InChI is InChI=1S/C20H23N5O7.C4H10.C2H5NO2.C2H6/c1-12(2)18(27)24-17-15-4-5-16(25(15)23-10-22-17)20(9-21)7-6-14(32-20)8-29-19(28)31-11-30-13(3)26;1-4(2)3;3-1-2(4)5;1-2/h4-5,10,12,14H,6-8,11H2,1-3H3,(H,22,23,24,27);4H,1-3H3;1,3H2,(H,4,5);1-2H3. The minimum atomic E-state index is -1.32. The zero-order valence-electron chi connectivity index (χ0n) is 26.1. The molecule has 2 unspecified atom stereocenters. The first-order chi connectivity index (χ1) is 20.3. The summed E-state index contributed by atoms with van der Waals surface area (Å²) in [6, 6.07) is 5.58. The van der Waals surface area contributed by atoms with Crippen LogP contribution in [0.15, 0.2) is 18.5 Å². The van der Waals surface area contributed by atoms with Crippen LogP contribution in [0.4, 0.5) is 10.6 Å². The number of carbonyl (C=O) groups is 4. The highest BCUT2D eigenvalue weighted by molar-refractivity contribution is 5.94. The Morgan fingerprint density at radius 1 is 1.19 bits per heavy atom. The Kier molecular flexibility index (Phi) is 17.8. The molecule has 1 aliphatic rings. The predicted octanol–water partition coefficient (Wildman–Crippen LogP) is 3.61. The maximum absolute atomic E-state index is 12.1. The Morgan fingerprint density at radius 2 is 1.79 bits per heavy atom. The van der Waals surface area contributed by atoms with Gasteiger partial charge in [0.1, 0.15) is 24.5 Å². The number of carboxylic acids is 1. The van der Waals surface area contributed by atoms with Gasteiger partial charge in [-0.3, -0.25) is 14.4 Å². The van der Waals surface area contributed by atoms with Crippen molar-refractivity contribution in [3.63, 3.8) is 0 Å². The van der Waals surface area contributed by atoms with Gasteiger partial charge in [-0.25, -0.2) is 14.3 Å². The number of esters is 1. The Hall–Kier alpha value is -4.29. The molecule has 4 N–H and O–H groups in total. The molecule has 1 amide bonds. The van der Waals surface area contributed by atoms with Crippen LogP contribution in [-0.4, -0.2) is 69.8 Å². The van der Waals surface area contributed by atoms with Gasteiger partial charge in [-0.15, -0.1) is 0 Å². The lowest BCUT2D eigenvalue weighted by atomic mass is 9.98. The average Bonchev–Trinajstić information content (AvgIpc) is 3.58. The van der Waals surface area contributed by atoms with E-state index in [1.165, 1.54) is 17.8 Å². The Bertz CT molecular complexity index is 1220. The van der Waals surface area contributed by atoms with E-state index in [0.29, 0.717) is 29.9 Å². The van der Waals surface area contributed by atoms with E-state index < -0.39 is 36.6 Å². The number of nitrogens with one attached hydrogen (secondary N) is 1. The van der Waals surface area contributed by atoms with Crippen molar-refractivity contribution in [3.05, 3.63) is 24.2 Å². The molecular formula is C28H44N6O9. The molecule has 1 fully saturated rings. The number of carboxylic acid groups (broad SMARTS) is 1. The van der Waals surface area contributed by atoms with Gasteiger partial charge in [0.15, 0.2) is 11.4 Å². The number of nitrogens with zero attached hydrogens (tertiary/aromatic N) is 4. The number of amides is 1. The van der Waals surface area contributed by atoms with Crippen LogP contribution in [-0.2, 0) is 38.9 Å². The molecule has 1 aliphatic heterocycles. The second-order valence-electron chi connectivity index (χ2n) is 9.77. The second-order valence-corrected chi connectivity index (χ2v) is 9.77. The number of carbonyl (C=O) groups excluding carboxylic acids is 3. The van der Waals surface area contributed by atoms with Crippen LogP contribution in [0.25, 0.3) is 5.52 Å². The number of ether oxygens (including phenoxy) is 4. The van der Waals surface area contributed by atoms with E-state index in [2.05, 4.69) is 57.4 Å². The topological polar surface area (TPSA) is 217 Å². The molecule has 240 valence electrons. The van der Waals surface area contributed by atoms with Gasteiger partial charge in [0.05, 0.1) is 18.3 Å².